The number of nitrogens with zero attached hydrogens (tertiary/aromatic N) is 1. The molecule has 0 radical (unpaired) electrons. The lowest BCUT2D eigenvalue weighted by Crippen LogP contribution is -2.17. The van der Waals surface area contributed by atoms with Crippen molar-refractivity contribution < 1.29 is 23.0 Å². The van der Waals surface area contributed by atoms with E-state index < -0.39 is 6.36 Å². The summed E-state index contributed by atoms with van der Waals surface area (Å²) in [5.74, 6) is -0.336. The van der Waals surface area contributed by atoms with E-state index in [2.05, 4.69) is 9.72 Å². The molecule has 1 aromatic heterocycles. The minimum Gasteiger partial charge on any atom is -0.406 e. The quantitative estimate of drug-likeness (QED) is 0.877. The first kappa shape index (κ1) is 14.6. The standard InChI is InChI=1S/C13H9ClF3NO2/c14-12-11(5-4-9(7-19)18-12)8-2-1-3-10(6-8)20-13(15,16)17/h1-6,19H,7H2. The number of hydrogen-bond acceptors (Lipinski definition) is 3. The maximum absolute atomic E-state index is 12.2. The Morgan fingerprint density at radius 1 is 1.20 bits per heavy atom. The lowest BCUT2D eigenvalue weighted by atomic mass is 10.1. The molecule has 0 saturated carbocycles. The molecular weight excluding hydrogens is 295 g/mol. The molecule has 1 aromatic carbocycles. The van der Waals surface area contributed by atoms with E-state index in [1.807, 2.05) is 0 Å². The van der Waals surface area contributed by atoms with Crippen LogP contribution in [0.15, 0.2) is 36.4 Å². The lowest BCUT2D eigenvalue weighted by Gasteiger charge is -2.11. The van der Waals surface area contributed by atoms with Gasteiger partial charge < -0.3 is 9.84 Å². The predicted molar refractivity (Wildman–Crippen MR) is 67.3 cm³/mol. The monoisotopic (exact) mass is 303 g/mol. The average Bonchev–Trinajstić information content (AvgIpc) is 2.36. The molecule has 0 aliphatic rings. The summed E-state index contributed by atoms with van der Waals surface area (Å²) in [4.78, 5) is 3.92. The first-order chi connectivity index (χ1) is 9.39. The van der Waals surface area contributed by atoms with E-state index in [-0.39, 0.29) is 17.5 Å². The minimum absolute atomic E-state index is 0.0979. The summed E-state index contributed by atoms with van der Waals surface area (Å²) in [5.41, 5.74) is 1.27. The van der Waals surface area contributed by atoms with Crippen LogP contribution < -0.4 is 4.74 Å². The van der Waals surface area contributed by atoms with Crippen LogP contribution >= 0.6 is 11.6 Å². The maximum Gasteiger partial charge on any atom is 0.573 e. The van der Waals surface area contributed by atoms with Crippen molar-refractivity contribution in [1.29, 1.82) is 0 Å². The summed E-state index contributed by atoms with van der Waals surface area (Å²) >= 11 is 5.94. The van der Waals surface area contributed by atoms with Crippen LogP contribution in [-0.4, -0.2) is 16.5 Å². The number of benzene rings is 1. The van der Waals surface area contributed by atoms with Gasteiger partial charge >= 0.3 is 6.36 Å². The molecule has 0 aliphatic carbocycles. The van der Waals surface area contributed by atoms with Crippen molar-refractivity contribution in [2.75, 3.05) is 0 Å². The Bertz CT molecular complexity index is 617. The van der Waals surface area contributed by atoms with Crippen LogP contribution in [0.3, 0.4) is 0 Å². The fraction of sp³-hybridized carbons (Fsp3) is 0.154. The number of hydrogen-bond donors (Lipinski definition) is 1. The normalized spacial score (nSPS) is 11.4. The smallest absolute Gasteiger partial charge is 0.406 e. The molecule has 0 amide bonds. The fourth-order valence-electron chi connectivity index (χ4n) is 1.64. The zero-order valence-electron chi connectivity index (χ0n) is 9.99. The van der Waals surface area contributed by atoms with Crippen molar-refractivity contribution >= 4 is 11.6 Å². The van der Waals surface area contributed by atoms with Gasteiger partial charge in [-0.15, -0.1) is 13.2 Å². The number of aliphatic hydroxyl groups is 1. The summed E-state index contributed by atoms with van der Waals surface area (Å²) in [6.07, 6.45) is -4.75. The van der Waals surface area contributed by atoms with Crippen molar-refractivity contribution in [2.24, 2.45) is 0 Å². The van der Waals surface area contributed by atoms with E-state index in [9.17, 15) is 13.2 Å². The Labute approximate surface area is 117 Å². The van der Waals surface area contributed by atoms with Gasteiger partial charge in [0.1, 0.15) is 10.9 Å². The first-order valence-corrected chi connectivity index (χ1v) is 5.89. The number of ether oxygens (including phenoxy) is 1. The number of halogens is 4. The van der Waals surface area contributed by atoms with Crippen molar-refractivity contribution in [1.82, 2.24) is 4.98 Å². The highest BCUT2D eigenvalue weighted by Gasteiger charge is 2.31. The highest BCUT2D eigenvalue weighted by molar-refractivity contribution is 6.32. The second kappa shape index (κ2) is 5.68. The van der Waals surface area contributed by atoms with Gasteiger partial charge in [-0.1, -0.05) is 23.7 Å². The van der Waals surface area contributed by atoms with E-state index in [4.69, 9.17) is 16.7 Å². The molecule has 0 bridgehead atoms. The Morgan fingerprint density at radius 3 is 2.55 bits per heavy atom. The molecule has 1 N–H and O–H groups in total. The average molecular weight is 304 g/mol. The molecule has 2 rings (SSSR count). The Hall–Kier alpha value is -1.79. The van der Waals surface area contributed by atoms with Gasteiger partial charge in [0.05, 0.1) is 12.3 Å². The molecule has 106 valence electrons. The highest BCUT2D eigenvalue weighted by Crippen LogP contribution is 2.31. The third-order valence-electron chi connectivity index (χ3n) is 2.45. The van der Waals surface area contributed by atoms with Crippen molar-refractivity contribution in [3.05, 3.63) is 47.2 Å². The summed E-state index contributed by atoms with van der Waals surface area (Å²) in [5, 5.41) is 9.03. The predicted octanol–water partition coefficient (Wildman–Crippen LogP) is 3.79. The van der Waals surface area contributed by atoms with Gasteiger partial charge in [0.2, 0.25) is 0 Å². The zero-order chi connectivity index (χ0) is 14.8. The first-order valence-electron chi connectivity index (χ1n) is 5.51. The molecule has 0 saturated heterocycles. The third kappa shape index (κ3) is 3.61. The number of pyridine rings is 1. The molecular formula is C13H9ClF3NO2. The van der Waals surface area contributed by atoms with Gasteiger partial charge in [-0.3, -0.25) is 0 Å². The van der Waals surface area contributed by atoms with E-state index in [0.717, 1.165) is 0 Å². The summed E-state index contributed by atoms with van der Waals surface area (Å²) in [7, 11) is 0. The van der Waals surface area contributed by atoms with Crippen LogP contribution in [0.4, 0.5) is 13.2 Å². The van der Waals surface area contributed by atoms with E-state index in [0.29, 0.717) is 16.8 Å². The van der Waals surface area contributed by atoms with Gasteiger partial charge in [0.25, 0.3) is 0 Å². The Morgan fingerprint density at radius 2 is 1.95 bits per heavy atom. The highest BCUT2D eigenvalue weighted by atomic mass is 35.5. The molecule has 0 fully saturated rings. The van der Waals surface area contributed by atoms with Crippen molar-refractivity contribution in [3.63, 3.8) is 0 Å². The topological polar surface area (TPSA) is 42.4 Å². The molecule has 3 nitrogen and oxygen atoms in total. The number of rotatable bonds is 3. The second-order valence-electron chi connectivity index (χ2n) is 3.87. The molecule has 0 atom stereocenters. The van der Waals surface area contributed by atoms with Crippen LogP contribution in [0.2, 0.25) is 5.15 Å². The SMILES string of the molecule is OCc1ccc(-c2cccc(OC(F)(F)F)c2)c(Cl)n1. The van der Waals surface area contributed by atoms with Gasteiger partial charge in [0, 0.05) is 5.56 Å². The summed E-state index contributed by atoms with van der Waals surface area (Å²) in [6, 6.07) is 8.54. The van der Waals surface area contributed by atoms with Gasteiger partial charge in [0.15, 0.2) is 0 Å². The van der Waals surface area contributed by atoms with Crippen LogP contribution in [0.1, 0.15) is 5.69 Å². The van der Waals surface area contributed by atoms with Crippen molar-refractivity contribution in [3.8, 4) is 16.9 Å². The minimum atomic E-state index is -4.75. The van der Waals surface area contributed by atoms with Gasteiger partial charge in [-0.05, 0) is 29.8 Å². The maximum atomic E-state index is 12.2. The van der Waals surface area contributed by atoms with Crippen LogP contribution in [0.5, 0.6) is 5.75 Å². The fourth-order valence-corrected chi connectivity index (χ4v) is 1.92. The largest absolute Gasteiger partial charge is 0.573 e. The molecule has 0 spiro atoms. The molecule has 0 aliphatic heterocycles. The Balaban J connectivity index is 2.36. The Kier molecular flexibility index (Phi) is 4.15. The molecule has 20 heavy (non-hydrogen) atoms. The zero-order valence-corrected chi connectivity index (χ0v) is 10.7. The molecule has 1 heterocycles. The van der Waals surface area contributed by atoms with Crippen LogP contribution in [0.25, 0.3) is 11.1 Å². The molecule has 2 aromatic rings. The van der Waals surface area contributed by atoms with E-state index in [1.165, 1.54) is 18.2 Å². The van der Waals surface area contributed by atoms with Gasteiger partial charge in [-0.25, -0.2) is 4.98 Å². The molecule has 0 unspecified atom stereocenters. The molecule has 7 heteroatoms. The number of alkyl halides is 3. The second-order valence-corrected chi connectivity index (χ2v) is 4.23. The number of aliphatic hydroxyl groups excluding tert-OH is 1. The van der Waals surface area contributed by atoms with Crippen LogP contribution in [-0.2, 0) is 6.61 Å². The lowest BCUT2D eigenvalue weighted by molar-refractivity contribution is -0.274. The number of aromatic nitrogens is 1. The van der Waals surface area contributed by atoms with Gasteiger partial charge in [-0.2, -0.15) is 0 Å². The van der Waals surface area contributed by atoms with Crippen LogP contribution in [0, 0.1) is 0 Å². The van der Waals surface area contributed by atoms with E-state index in [1.54, 1.807) is 18.2 Å². The van der Waals surface area contributed by atoms with Crippen molar-refractivity contribution in [2.45, 2.75) is 13.0 Å². The third-order valence-corrected chi connectivity index (χ3v) is 2.74. The summed E-state index contributed by atoms with van der Waals surface area (Å²) in [6.45, 7) is -0.267. The summed E-state index contributed by atoms with van der Waals surface area (Å²) < 4.78 is 40.3. The van der Waals surface area contributed by atoms with E-state index >= 15 is 0 Å².